The number of nitrogens with two attached hydrogens (primary N) is 1. The summed E-state index contributed by atoms with van der Waals surface area (Å²) in [4.78, 5) is 35.6. The van der Waals surface area contributed by atoms with Crippen LogP contribution in [-0.2, 0) is 9.53 Å². The van der Waals surface area contributed by atoms with E-state index in [0.717, 1.165) is 0 Å². The number of benzene rings is 2. The lowest BCUT2D eigenvalue weighted by Gasteiger charge is -2.12. The first kappa shape index (κ1) is 18.2. The first-order valence-corrected chi connectivity index (χ1v) is 7.43. The molecule has 0 fully saturated rings. The Kier molecular flexibility index (Phi) is 5.86. The van der Waals surface area contributed by atoms with Crippen LogP contribution >= 0.6 is 0 Å². The van der Waals surface area contributed by atoms with Gasteiger partial charge in [-0.15, -0.1) is 0 Å². The average molecular weight is 343 g/mol. The molecule has 0 saturated carbocycles. The van der Waals surface area contributed by atoms with E-state index in [0.29, 0.717) is 0 Å². The molecule has 2 aromatic carbocycles. The summed E-state index contributed by atoms with van der Waals surface area (Å²) in [5.41, 5.74) is 5.54. The molecule has 7 nitrogen and oxygen atoms in total. The molecule has 2 aromatic rings. The molecule has 2 N–H and O–H groups in total. The highest BCUT2D eigenvalue weighted by molar-refractivity contribution is 5.98. The largest absolute Gasteiger partial charge is 0.443 e. The molecule has 130 valence electrons. The van der Waals surface area contributed by atoms with Gasteiger partial charge < -0.3 is 14.2 Å². The summed E-state index contributed by atoms with van der Waals surface area (Å²) in [6, 6.07) is 12.2. The van der Waals surface area contributed by atoms with Crippen molar-refractivity contribution in [3.8, 4) is 11.5 Å². The molecule has 0 aliphatic heterocycles. The highest BCUT2D eigenvalue weighted by Crippen LogP contribution is 2.24. The number of esters is 3. The van der Waals surface area contributed by atoms with E-state index in [1.807, 2.05) is 0 Å². The zero-order valence-corrected chi connectivity index (χ0v) is 13.7. The summed E-state index contributed by atoms with van der Waals surface area (Å²) >= 11 is 0. The van der Waals surface area contributed by atoms with Gasteiger partial charge in [-0.3, -0.25) is 10.5 Å². The zero-order chi connectivity index (χ0) is 18.4. The number of hydrogen-bond donors (Lipinski definition) is 1. The summed E-state index contributed by atoms with van der Waals surface area (Å²) in [5.74, 6) is -1.99. The van der Waals surface area contributed by atoms with E-state index in [4.69, 9.17) is 19.9 Å². The van der Waals surface area contributed by atoms with Gasteiger partial charge in [0.25, 0.3) is 0 Å². The Bertz CT molecular complexity index is 800. The highest BCUT2D eigenvalue weighted by atomic mass is 16.6. The molecule has 0 aliphatic rings. The van der Waals surface area contributed by atoms with Crippen molar-refractivity contribution in [2.45, 2.75) is 20.1 Å². The van der Waals surface area contributed by atoms with E-state index in [-0.39, 0.29) is 22.6 Å². The smallest absolute Gasteiger partial charge is 0.347 e. The highest BCUT2D eigenvalue weighted by Gasteiger charge is 2.20. The topological polar surface area (TPSA) is 105 Å². The molecule has 0 spiro atoms. The summed E-state index contributed by atoms with van der Waals surface area (Å²) < 4.78 is 15.2. The van der Waals surface area contributed by atoms with Crippen molar-refractivity contribution in [3.63, 3.8) is 0 Å². The van der Waals surface area contributed by atoms with Crippen LogP contribution in [0.15, 0.2) is 48.5 Å². The predicted octanol–water partition coefficient (Wildman–Crippen LogP) is 2.29. The molecule has 2 rings (SSSR count). The fraction of sp³-hybridized carbons (Fsp3) is 0.167. The zero-order valence-electron chi connectivity index (χ0n) is 13.7. The molecule has 0 bridgehead atoms. The van der Waals surface area contributed by atoms with Crippen molar-refractivity contribution in [2.24, 2.45) is 5.73 Å². The van der Waals surface area contributed by atoms with Crippen LogP contribution in [0.4, 0.5) is 0 Å². The van der Waals surface area contributed by atoms with Gasteiger partial charge in [0, 0.05) is 6.92 Å². The molecule has 0 radical (unpaired) electrons. The standard InChI is InChI=1S/C18H17NO6/c1-11(19)23-17(21)14-8-4-6-10-16(14)25-18(22)13-7-3-5-9-15(13)24-12(2)20/h3-11H,19H2,1-2H3. The van der Waals surface area contributed by atoms with Crippen molar-refractivity contribution in [1.82, 2.24) is 0 Å². The number of carbonyl (C=O) groups excluding carboxylic acids is 3. The van der Waals surface area contributed by atoms with Crippen molar-refractivity contribution in [2.75, 3.05) is 0 Å². The molecule has 0 aliphatic carbocycles. The summed E-state index contributed by atoms with van der Waals surface area (Å²) in [6.45, 7) is 2.73. The average Bonchev–Trinajstić information content (AvgIpc) is 2.54. The molecule has 0 aromatic heterocycles. The van der Waals surface area contributed by atoms with E-state index in [1.165, 1.54) is 38.1 Å². The van der Waals surface area contributed by atoms with Gasteiger partial charge in [0.2, 0.25) is 0 Å². The fourth-order valence-corrected chi connectivity index (χ4v) is 1.99. The van der Waals surface area contributed by atoms with Gasteiger partial charge in [0.1, 0.15) is 28.9 Å². The van der Waals surface area contributed by atoms with Gasteiger partial charge in [0.05, 0.1) is 0 Å². The Morgan fingerprint density at radius 2 is 1.32 bits per heavy atom. The second-order valence-electron chi connectivity index (χ2n) is 5.09. The molecule has 1 atom stereocenters. The quantitative estimate of drug-likeness (QED) is 0.504. The van der Waals surface area contributed by atoms with Crippen LogP contribution in [0.2, 0.25) is 0 Å². The Morgan fingerprint density at radius 3 is 1.84 bits per heavy atom. The Hall–Kier alpha value is -3.19. The number of hydrogen-bond acceptors (Lipinski definition) is 7. The van der Waals surface area contributed by atoms with Crippen LogP contribution < -0.4 is 15.2 Å². The predicted molar refractivity (Wildman–Crippen MR) is 88.2 cm³/mol. The van der Waals surface area contributed by atoms with Crippen molar-refractivity contribution in [3.05, 3.63) is 59.7 Å². The van der Waals surface area contributed by atoms with E-state index < -0.39 is 24.1 Å². The van der Waals surface area contributed by atoms with Gasteiger partial charge >= 0.3 is 17.9 Å². The summed E-state index contributed by atoms with van der Waals surface area (Å²) in [6.07, 6.45) is -0.805. The second kappa shape index (κ2) is 8.07. The van der Waals surface area contributed by atoms with Gasteiger partial charge in [-0.25, -0.2) is 9.59 Å². The van der Waals surface area contributed by atoms with E-state index in [2.05, 4.69) is 0 Å². The third-order valence-corrected chi connectivity index (χ3v) is 2.96. The summed E-state index contributed by atoms with van der Waals surface area (Å²) in [7, 11) is 0. The molecule has 25 heavy (non-hydrogen) atoms. The van der Waals surface area contributed by atoms with Crippen molar-refractivity contribution >= 4 is 17.9 Å². The van der Waals surface area contributed by atoms with E-state index in [9.17, 15) is 14.4 Å². The molecule has 1 unspecified atom stereocenters. The number of para-hydroxylation sites is 2. The van der Waals surface area contributed by atoms with Gasteiger partial charge in [-0.2, -0.15) is 0 Å². The fourth-order valence-electron chi connectivity index (χ4n) is 1.99. The normalized spacial score (nSPS) is 11.3. The molecule has 0 heterocycles. The lowest BCUT2D eigenvalue weighted by molar-refractivity contribution is -0.131. The second-order valence-corrected chi connectivity index (χ2v) is 5.09. The van der Waals surface area contributed by atoms with Gasteiger partial charge in [-0.1, -0.05) is 24.3 Å². The van der Waals surface area contributed by atoms with Crippen LogP contribution in [0, 0.1) is 0 Å². The minimum Gasteiger partial charge on any atom is -0.443 e. The lowest BCUT2D eigenvalue weighted by Crippen LogP contribution is -2.24. The molecule has 0 amide bonds. The van der Waals surface area contributed by atoms with Crippen LogP contribution in [0.1, 0.15) is 34.6 Å². The third-order valence-electron chi connectivity index (χ3n) is 2.96. The minimum atomic E-state index is -0.805. The minimum absolute atomic E-state index is 0.00998. The number of rotatable bonds is 5. The first-order chi connectivity index (χ1) is 11.9. The van der Waals surface area contributed by atoms with Gasteiger partial charge in [0.15, 0.2) is 0 Å². The van der Waals surface area contributed by atoms with Crippen LogP contribution in [-0.4, -0.2) is 24.1 Å². The lowest BCUT2D eigenvalue weighted by atomic mass is 10.2. The maximum absolute atomic E-state index is 12.4. The van der Waals surface area contributed by atoms with E-state index >= 15 is 0 Å². The summed E-state index contributed by atoms with van der Waals surface area (Å²) in [5, 5.41) is 0. The Morgan fingerprint density at radius 1 is 0.840 bits per heavy atom. The van der Waals surface area contributed by atoms with Crippen LogP contribution in [0.3, 0.4) is 0 Å². The van der Waals surface area contributed by atoms with Gasteiger partial charge in [-0.05, 0) is 31.2 Å². The van der Waals surface area contributed by atoms with Crippen LogP contribution in [0.5, 0.6) is 11.5 Å². The number of ether oxygens (including phenoxy) is 3. The van der Waals surface area contributed by atoms with Crippen molar-refractivity contribution in [1.29, 1.82) is 0 Å². The third kappa shape index (κ3) is 4.89. The monoisotopic (exact) mass is 343 g/mol. The Balaban J connectivity index is 2.28. The SMILES string of the molecule is CC(=O)Oc1ccccc1C(=O)Oc1ccccc1C(=O)OC(C)N. The molecular weight excluding hydrogens is 326 g/mol. The molecule has 7 heteroatoms. The van der Waals surface area contributed by atoms with Crippen molar-refractivity contribution < 1.29 is 28.6 Å². The molecular formula is C18H17NO6. The maximum Gasteiger partial charge on any atom is 0.347 e. The first-order valence-electron chi connectivity index (χ1n) is 7.43. The number of carbonyl (C=O) groups is 3. The van der Waals surface area contributed by atoms with Crippen LogP contribution in [0.25, 0.3) is 0 Å². The Labute approximate surface area is 144 Å². The maximum atomic E-state index is 12.4. The van der Waals surface area contributed by atoms with E-state index in [1.54, 1.807) is 24.3 Å². The molecule has 0 saturated heterocycles.